The third-order valence-corrected chi connectivity index (χ3v) is 2.31. The molecule has 1 aromatic carbocycles. The van der Waals surface area contributed by atoms with Crippen molar-refractivity contribution in [3.05, 3.63) is 34.9 Å². The third-order valence-electron chi connectivity index (χ3n) is 2.06. The van der Waals surface area contributed by atoms with Crippen LogP contribution in [0.5, 0.6) is 0 Å². The molecule has 4 nitrogen and oxygen atoms in total. The normalized spacial score (nSPS) is 10.6. The van der Waals surface area contributed by atoms with Crippen molar-refractivity contribution in [1.82, 2.24) is 0 Å². The molecule has 5 heteroatoms. The Balaban J connectivity index is 2.60. The molecule has 1 aromatic rings. The van der Waals surface area contributed by atoms with E-state index in [0.717, 1.165) is 0 Å². The van der Waals surface area contributed by atoms with E-state index in [1.807, 2.05) is 0 Å². The molecule has 0 heterocycles. The van der Waals surface area contributed by atoms with Gasteiger partial charge in [-0.1, -0.05) is 11.6 Å². The molecule has 0 bridgehead atoms. The fraction of sp³-hybridized carbons (Fsp3) is 0.417. The van der Waals surface area contributed by atoms with E-state index in [1.54, 1.807) is 38.5 Å². The van der Waals surface area contributed by atoms with Crippen molar-refractivity contribution in [2.24, 2.45) is 0 Å². The van der Waals surface area contributed by atoms with E-state index in [4.69, 9.17) is 25.8 Å². The number of esters is 1. The van der Waals surface area contributed by atoms with Gasteiger partial charge in [0.25, 0.3) is 0 Å². The largest absolute Gasteiger partial charge is 0.454 e. The van der Waals surface area contributed by atoms with Gasteiger partial charge in [-0.25, -0.2) is 4.79 Å². The van der Waals surface area contributed by atoms with E-state index in [9.17, 15) is 4.79 Å². The molecule has 0 radical (unpaired) electrons. The SMILES string of the molecule is COCC(COC)OC(=O)c1ccc(Cl)cc1. The standard InChI is InChI=1S/C12H15ClO4/c1-15-7-11(8-16-2)17-12(14)9-3-5-10(13)6-4-9/h3-6,11H,7-8H2,1-2H3. The number of ether oxygens (including phenoxy) is 3. The van der Waals surface area contributed by atoms with Crippen molar-refractivity contribution in [1.29, 1.82) is 0 Å². The van der Waals surface area contributed by atoms with E-state index in [0.29, 0.717) is 23.8 Å². The number of benzene rings is 1. The Morgan fingerprint density at radius 1 is 1.18 bits per heavy atom. The smallest absolute Gasteiger partial charge is 0.338 e. The minimum absolute atomic E-state index is 0.299. The van der Waals surface area contributed by atoms with Gasteiger partial charge in [0.1, 0.15) is 6.10 Å². The fourth-order valence-electron chi connectivity index (χ4n) is 1.29. The summed E-state index contributed by atoms with van der Waals surface area (Å²) < 4.78 is 15.1. The Bertz CT molecular complexity index is 344. The second-order valence-corrected chi connectivity index (χ2v) is 3.88. The molecule has 0 amide bonds. The average molecular weight is 259 g/mol. The Kier molecular flexibility index (Phi) is 5.97. The van der Waals surface area contributed by atoms with E-state index < -0.39 is 12.1 Å². The second-order valence-electron chi connectivity index (χ2n) is 3.44. The zero-order valence-corrected chi connectivity index (χ0v) is 10.6. The minimum Gasteiger partial charge on any atom is -0.454 e. The van der Waals surface area contributed by atoms with Crippen molar-refractivity contribution >= 4 is 17.6 Å². The van der Waals surface area contributed by atoms with Gasteiger partial charge >= 0.3 is 5.97 Å². The fourth-order valence-corrected chi connectivity index (χ4v) is 1.42. The summed E-state index contributed by atoms with van der Waals surface area (Å²) in [5.74, 6) is -0.416. The maximum absolute atomic E-state index is 11.7. The number of carbonyl (C=O) groups is 1. The number of halogens is 1. The number of hydrogen-bond acceptors (Lipinski definition) is 4. The lowest BCUT2D eigenvalue weighted by atomic mass is 10.2. The van der Waals surface area contributed by atoms with Gasteiger partial charge in [-0.2, -0.15) is 0 Å². The van der Waals surface area contributed by atoms with Crippen molar-refractivity contribution in [2.75, 3.05) is 27.4 Å². The molecule has 17 heavy (non-hydrogen) atoms. The van der Waals surface area contributed by atoms with Crippen molar-refractivity contribution in [3.8, 4) is 0 Å². The first-order valence-corrected chi connectivity index (χ1v) is 5.49. The van der Waals surface area contributed by atoms with Crippen LogP contribution in [0, 0.1) is 0 Å². The molecule has 0 N–H and O–H groups in total. The molecule has 1 rings (SSSR count). The van der Waals surface area contributed by atoms with Crippen LogP contribution in [-0.2, 0) is 14.2 Å². The highest BCUT2D eigenvalue weighted by Crippen LogP contribution is 2.11. The van der Waals surface area contributed by atoms with Crippen molar-refractivity contribution in [3.63, 3.8) is 0 Å². The van der Waals surface area contributed by atoms with Crippen LogP contribution < -0.4 is 0 Å². The Labute approximate surface area is 105 Å². The summed E-state index contributed by atoms with van der Waals surface area (Å²) in [5, 5.41) is 0.576. The van der Waals surface area contributed by atoms with Gasteiger partial charge in [0.2, 0.25) is 0 Å². The summed E-state index contributed by atoms with van der Waals surface area (Å²) in [6.45, 7) is 0.598. The highest BCUT2D eigenvalue weighted by Gasteiger charge is 2.15. The first-order valence-electron chi connectivity index (χ1n) is 5.11. The van der Waals surface area contributed by atoms with Crippen LogP contribution >= 0.6 is 11.6 Å². The lowest BCUT2D eigenvalue weighted by Gasteiger charge is -2.16. The molecule has 0 spiro atoms. The van der Waals surface area contributed by atoms with Crippen molar-refractivity contribution in [2.45, 2.75) is 6.10 Å². The molecule has 0 aromatic heterocycles. The first-order chi connectivity index (χ1) is 8.17. The topological polar surface area (TPSA) is 44.8 Å². The zero-order valence-electron chi connectivity index (χ0n) is 9.81. The molecule has 0 aliphatic rings. The average Bonchev–Trinajstić information content (AvgIpc) is 2.30. The van der Waals surface area contributed by atoms with E-state index >= 15 is 0 Å². The Morgan fingerprint density at radius 2 is 1.71 bits per heavy atom. The highest BCUT2D eigenvalue weighted by molar-refractivity contribution is 6.30. The van der Waals surface area contributed by atoms with Gasteiger partial charge in [-0.15, -0.1) is 0 Å². The van der Waals surface area contributed by atoms with Gasteiger partial charge in [0.15, 0.2) is 0 Å². The third kappa shape index (κ3) is 4.73. The van der Waals surface area contributed by atoms with Crippen LogP contribution in [0.25, 0.3) is 0 Å². The number of carbonyl (C=O) groups excluding carboxylic acids is 1. The molecule has 0 unspecified atom stereocenters. The minimum atomic E-state index is -0.416. The predicted octanol–water partition coefficient (Wildman–Crippen LogP) is 2.16. The van der Waals surface area contributed by atoms with Gasteiger partial charge in [0.05, 0.1) is 18.8 Å². The summed E-state index contributed by atoms with van der Waals surface area (Å²) >= 11 is 5.73. The zero-order chi connectivity index (χ0) is 12.7. The summed E-state index contributed by atoms with van der Waals surface area (Å²) in [5.41, 5.74) is 0.451. The van der Waals surface area contributed by atoms with Crippen LogP contribution in [0.4, 0.5) is 0 Å². The lowest BCUT2D eigenvalue weighted by Crippen LogP contribution is -2.27. The molecule has 0 saturated carbocycles. The van der Waals surface area contributed by atoms with Crippen LogP contribution in [0.3, 0.4) is 0 Å². The predicted molar refractivity (Wildman–Crippen MR) is 64.4 cm³/mol. The molecular formula is C12H15ClO4. The van der Waals surface area contributed by atoms with Gasteiger partial charge in [-0.3, -0.25) is 0 Å². The molecule has 0 aliphatic heterocycles. The van der Waals surface area contributed by atoms with Crippen molar-refractivity contribution < 1.29 is 19.0 Å². The summed E-state index contributed by atoms with van der Waals surface area (Å²) in [7, 11) is 3.08. The number of rotatable bonds is 6. The van der Waals surface area contributed by atoms with E-state index in [2.05, 4.69) is 0 Å². The Hall–Kier alpha value is -1.10. The van der Waals surface area contributed by atoms with Gasteiger partial charge < -0.3 is 14.2 Å². The van der Waals surface area contributed by atoms with Gasteiger partial charge in [-0.05, 0) is 24.3 Å². The molecule has 0 aliphatic carbocycles. The monoisotopic (exact) mass is 258 g/mol. The molecule has 0 fully saturated rings. The van der Waals surface area contributed by atoms with E-state index in [-0.39, 0.29) is 0 Å². The molecule has 0 atom stereocenters. The summed E-state index contributed by atoms with van der Waals surface area (Å²) in [6.07, 6.45) is -0.409. The maximum Gasteiger partial charge on any atom is 0.338 e. The molecular weight excluding hydrogens is 244 g/mol. The van der Waals surface area contributed by atoms with Crippen LogP contribution in [-0.4, -0.2) is 39.5 Å². The maximum atomic E-state index is 11.7. The van der Waals surface area contributed by atoms with Crippen LogP contribution in [0.1, 0.15) is 10.4 Å². The van der Waals surface area contributed by atoms with Crippen LogP contribution in [0.15, 0.2) is 24.3 Å². The lowest BCUT2D eigenvalue weighted by molar-refractivity contribution is -0.0223. The quantitative estimate of drug-likeness (QED) is 0.734. The number of methoxy groups -OCH3 is 2. The second kappa shape index (κ2) is 7.27. The molecule has 94 valence electrons. The summed E-state index contributed by atoms with van der Waals surface area (Å²) in [6, 6.07) is 6.50. The van der Waals surface area contributed by atoms with E-state index in [1.165, 1.54) is 0 Å². The number of hydrogen-bond donors (Lipinski definition) is 0. The Morgan fingerprint density at radius 3 is 2.18 bits per heavy atom. The highest BCUT2D eigenvalue weighted by atomic mass is 35.5. The molecule has 0 saturated heterocycles. The first kappa shape index (κ1) is 14.0. The summed E-state index contributed by atoms with van der Waals surface area (Å²) in [4.78, 5) is 11.7. The van der Waals surface area contributed by atoms with Crippen LogP contribution in [0.2, 0.25) is 5.02 Å². The van der Waals surface area contributed by atoms with Gasteiger partial charge in [0, 0.05) is 19.2 Å².